The fourth-order valence-electron chi connectivity index (χ4n) is 2.98. The number of methoxy groups -OCH3 is 2. The number of rotatable bonds is 5. The summed E-state index contributed by atoms with van der Waals surface area (Å²) in [6.07, 6.45) is 2.40. The molecule has 0 spiro atoms. The second-order valence-electron chi connectivity index (χ2n) is 6.07. The van der Waals surface area contributed by atoms with Crippen molar-refractivity contribution in [1.29, 1.82) is 0 Å². The summed E-state index contributed by atoms with van der Waals surface area (Å²) in [6, 6.07) is 12.2. The molecule has 26 heavy (non-hydrogen) atoms. The summed E-state index contributed by atoms with van der Waals surface area (Å²) in [7, 11) is 3.15. The molecular formula is C20H22N2O4. The topological polar surface area (TPSA) is 67.9 Å². The monoisotopic (exact) mass is 354 g/mol. The van der Waals surface area contributed by atoms with Gasteiger partial charge in [0, 0.05) is 24.2 Å². The zero-order chi connectivity index (χ0) is 18.5. The number of nitrogens with zero attached hydrogens (tertiary/aromatic N) is 1. The van der Waals surface area contributed by atoms with Crippen LogP contribution in [0.2, 0.25) is 0 Å². The predicted octanol–water partition coefficient (Wildman–Crippen LogP) is 3.47. The number of hydrogen-bond acceptors (Lipinski definition) is 4. The van der Waals surface area contributed by atoms with Gasteiger partial charge >= 0.3 is 0 Å². The molecule has 1 fully saturated rings. The zero-order valence-corrected chi connectivity index (χ0v) is 15.0. The van der Waals surface area contributed by atoms with Crippen molar-refractivity contribution in [3.05, 3.63) is 48.0 Å². The number of anilines is 2. The van der Waals surface area contributed by atoms with Gasteiger partial charge in [0.2, 0.25) is 5.91 Å². The third kappa shape index (κ3) is 3.79. The van der Waals surface area contributed by atoms with Gasteiger partial charge in [-0.1, -0.05) is 0 Å². The molecule has 6 heteroatoms. The van der Waals surface area contributed by atoms with Gasteiger partial charge in [0.1, 0.15) is 11.5 Å². The van der Waals surface area contributed by atoms with E-state index in [1.807, 2.05) is 0 Å². The van der Waals surface area contributed by atoms with E-state index in [2.05, 4.69) is 5.32 Å². The van der Waals surface area contributed by atoms with Gasteiger partial charge in [0.15, 0.2) is 0 Å². The van der Waals surface area contributed by atoms with Crippen LogP contribution < -0.4 is 19.7 Å². The lowest BCUT2D eigenvalue weighted by Gasteiger charge is -2.28. The maximum absolute atomic E-state index is 12.5. The highest BCUT2D eigenvalue weighted by Gasteiger charge is 2.23. The standard InChI is InChI=1S/C20H22N2O4/c1-25-16-9-6-14(7-10-16)20(24)21-15-8-11-18(26-2)17(13-15)22-12-4-3-5-19(22)23/h6-11,13H,3-5,12H2,1-2H3,(H,21,24). The van der Waals surface area contributed by atoms with E-state index in [4.69, 9.17) is 9.47 Å². The lowest BCUT2D eigenvalue weighted by Crippen LogP contribution is -2.35. The molecule has 2 aromatic rings. The van der Waals surface area contributed by atoms with E-state index < -0.39 is 0 Å². The van der Waals surface area contributed by atoms with Crippen LogP contribution in [0.3, 0.4) is 0 Å². The summed E-state index contributed by atoms with van der Waals surface area (Å²) in [4.78, 5) is 26.4. The first-order valence-electron chi connectivity index (χ1n) is 8.56. The van der Waals surface area contributed by atoms with Gasteiger partial charge in [-0.2, -0.15) is 0 Å². The highest BCUT2D eigenvalue weighted by atomic mass is 16.5. The molecule has 0 saturated carbocycles. The summed E-state index contributed by atoms with van der Waals surface area (Å²) < 4.78 is 10.5. The van der Waals surface area contributed by atoms with Gasteiger partial charge in [0.25, 0.3) is 5.91 Å². The van der Waals surface area contributed by atoms with Crippen LogP contribution in [0.4, 0.5) is 11.4 Å². The average Bonchev–Trinajstić information content (AvgIpc) is 2.68. The van der Waals surface area contributed by atoms with Crippen molar-refractivity contribution in [2.75, 3.05) is 31.0 Å². The van der Waals surface area contributed by atoms with Crippen LogP contribution in [0.1, 0.15) is 29.6 Å². The fraction of sp³-hybridized carbons (Fsp3) is 0.300. The van der Waals surface area contributed by atoms with Crippen LogP contribution >= 0.6 is 0 Å². The zero-order valence-electron chi connectivity index (χ0n) is 15.0. The molecule has 2 amide bonds. The Labute approximate surface area is 152 Å². The van der Waals surface area contributed by atoms with E-state index in [1.54, 1.807) is 61.6 Å². The minimum atomic E-state index is -0.228. The smallest absolute Gasteiger partial charge is 0.255 e. The molecule has 1 heterocycles. The second-order valence-corrected chi connectivity index (χ2v) is 6.07. The maximum Gasteiger partial charge on any atom is 0.255 e. The van der Waals surface area contributed by atoms with Crippen molar-refractivity contribution in [2.45, 2.75) is 19.3 Å². The van der Waals surface area contributed by atoms with Gasteiger partial charge in [0.05, 0.1) is 19.9 Å². The van der Waals surface area contributed by atoms with Crippen LogP contribution in [0, 0.1) is 0 Å². The molecule has 0 unspecified atom stereocenters. The van der Waals surface area contributed by atoms with Crippen molar-refractivity contribution >= 4 is 23.2 Å². The van der Waals surface area contributed by atoms with E-state index >= 15 is 0 Å². The van der Waals surface area contributed by atoms with Crippen LogP contribution in [0.25, 0.3) is 0 Å². The molecule has 0 bridgehead atoms. The number of benzene rings is 2. The average molecular weight is 354 g/mol. The summed E-state index contributed by atoms with van der Waals surface area (Å²) in [6.45, 7) is 0.658. The highest BCUT2D eigenvalue weighted by molar-refractivity contribution is 6.05. The molecule has 1 aliphatic rings. The Bertz CT molecular complexity index is 802. The minimum absolute atomic E-state index is 0.0770. The normalized spacial score (nSPS) is 14.1. The Morgan fingerprint density at radius 3 is 2.46 bits per heavy atom. The largest absolute Gasteiger partial charge is 0.497 e. The molecule has 0 radical (unpaired) electrons. The molecule has 0 aromatic heterocycles. The molecule has 1 aliphatic heterocycles. The first kappa shape index (κ1) is 17.8. The summed E-state index contributed by atoms with van der Waals surface area (Å²) >= 11 is 0. The van der Waals surface area contributed by atoms with Crippen LogP contribution in [-0.2, 0) is 4.79 Å². The summed E-state index contributed by atoms with van der Waals surface area (Å²) in [5.74, 6) is 1.15. The third-order valence-corrected chi connectivity index (χ3v) is 4.40. The van der Waals surface area contributed by atoms with Gasteiger partial charge in [-0.15, -0.1) is 0 Å². The highest BCUT2D eigenvalue weighted by Crippen LogP contribution is 2.33. The van der Waals surface area contributed by atoms with Crippen molar-refractivity contribution < 1.29 is 19.1 Å². The number of hydrogen-bond donors (Lipinski definition) is 1. The molecule has 0 aliphatic carbocycles. The molecule has 6 nitrogen and oxygen atoms in total. The van der Waals surface area contributed by atoms with Crippen molar-refractivity contribution in [3.63, 3.8) is 0 Å². The number of ether oxygens (including phenoxy) is 2. The molecule has 1 saturated heterocycles. The van der Waals surface area contributed by atoms with Crippen LogP contribution in [0.15, 0.2) is 42.5 Å². The van der Waals surface area contributed by atoms with Gasteiger partial charge < -0.3 is 19.7 Å². The van der Waals surface area contributed by atoms with E-state index in [0.29, 0.717) is 41.4 Å². The molecule has 0 atom stereocenters. The second kappa shape index (κ2) is 7.91. The van der Waals surface area contributed by atoms with Crippen LogP contribution in [0.5, 0.6) is 11.5 Å². The first-order valence-corrected chi connectivity index (χ1v) is 8.56. The summed E-state index contributed by atoms with van der Waals surface area (Å²) in [5.41, 5.74) is 1.82. The van der Waals surface area contributed by atoms with E-state index in [0.717, 1.165) is 12.8 Å². The molecule has 136 valence electrons. The summed E-state index contributed by atoms with van der Waals surface area (Å²) in [5, 5.41) is 2.87. The van der Waals surface area contributed by atoms with Crippen molar-refractivity contribution in [3.8, 4) is 11.5 Å². The van der Waals surface area contributed by atoms with E-state index in [9.17, 15) is 9.59 Å². The Hall–Kier alpha value is -3.02. The molecule has 1 N–H and O–H groups in total. The molecule has 3 rings (SSSR count). The Balaban J connectivity index is 1.82. The quantitative estimate of drug-likeness (QED) is 0.893. The van der Waals surface area contributed by atoms with Gasteiger partial charge in [-0.25, -0.2) is 0 Å². The fourth-order valence-corrected chi connectivity index (χ4v) is 2.98. The van der Waals surface area contributed by atoms with Crippen molar-refractivity contribution in [1.82, 2.24) is 0 Å². The molecule has 2 aromatic carbocycles. The number of piperidine rings is 1. The number of amides is 2. The van der Waals surface area contributed by atoms with Gasteiger partial charge in [-0.05, 0) is 55.3 Å². The van der Waals surface area contributed by atoms with E-state index in [1.165, 1.54) is 0 Å². The maximum atomic E-state index is 12.5. The number of carbonyl (C=O) groups excluding carboxylic acids is 2. The Kier molecular flexibility index (Phi) is 5.41. The third-order valence-electron chi connectivity index (χ3n) is 4.40. The Morgan fingerprint density at radius 1 is 1.04 bits per heavy atom. The SMILES string of the molecule is COc1ccc(C(=O)Nc2ccc(OC)c(N3CCCCC3=O)c2)cc1. The van der Waals surface area contributed by atoms with E-state index in [-0.39, 0.29) is 11.8 Å². The first-order chi connectivity index (χ1) is 12.6. The minimum Gasteiger partial charge on any atom is -0.497 e. The van der Waals surface area contributed by atoms with Gasteiger partial charge in [-0.3, -0.25) is 9.59 Å². The number of nitrogens with one attached hydrogen (secondary N) is 1. The number of carbonyl (C=O) groups is 2. The predicted molar refractivity (Wildman–Crippen MR) is 100 cm³/mol. The molecular weight excluding hydrogens is 332 g/mol. The lowest BCUT2D eigenvalue weighted by molar-refractivity contribution is -0.119. The Morgan fingerprint density at radius 2 is 1.81 bits per heavy atom. The van der Waals surface area contributed by atoms with Crippen molar-refractivity contribution in [2.24, 2.45) is 0 Å². The van der Waals surface area contributed by atoms with Crippen LogP contribution in [-0.4, -0.2) is 32.6 Å². The lowest BCUT2D eigenvalue weighted by atomic mass is 10.1.